The van der Waals surface area contributed by atoms with Crippen molar-refractivity contribution in [3.05, 3.63) is 20.8 Å². The Morgan fingerprint density at radius 1 is 1.08 bits per heavy atom. The van der Waals surface area contributed by atoms with E-state index in [4.69, 9.17) is 0 Å². The number of aromatic nitrogens is 4. The van der Waals surface area contributed by atoms with Crippen molar-refractivity contribution in [2.24, 2.45) is 14.1 Å². The van der Waals surface area contributed by atoms with Crippen molar-refractivity contribution in [1.29, 1.82) is 0 Å². The van der Waals surface area contributed by atoms with Crippen LogP contribution in [0.25, 0.3) is 11.0 Å². The van der Waals surface area contributed by atoms with Crippen LogP contribution in [-0.4, -0.2) is 31.5 Å². The van der Waals surface area contributed by atoms with Gasteiger partial charge in [0.05, 0.1) is 0 Å². The second-order valence-corrected chi connectivity index (χ2v) is 7.52. The SMILES string of the molecule is CCCCN1c2c(nnc3c2c(=O)n(C)c(=O)n3C)NC12CCCCC2. The maximum atomic E-state index is 13.0. The van der Waals surface area contributed by atoms with Crippen molar-refractivity contribution in [2.45, 2.75) is 57.5 Å². The molecule has 0 aromatic carbocycles. The molecule has 4 rings (SSSR count). The molecule has 1 fully saturated rings. The fourth-order valence-corrected chi connectivity index (χ4v) is 4.44. The Labute approximate surface area is 151 Å². The van der Waals surface area contributed by atoms with E-state index in [0.717, 1.165) is 55.3 Å². The van der Waals surface area contributed by atoms with E-state index in [9.17, 15) is 9.59 Å². The molecule has 0 amide bonds. The second-order valence-electron chi connectivity index (χ2n) is 7.52. The first-order valence-corrected chi connectivity index (χ1v) is 9.52. The summed E-state index contributed by atoms with van der Waals surface area (Å²) in [5.41, 5.74) is 0.313. The topological polar surface area (TPSA) is 85.1 Å². The molecule has 2 aliphatic rings. The first-order chi connectivity index (χ1) is 12.5. The fourth-order valence-electron chi connectivity index (χ4n) is 4.44. The molecule has 1 spiro atoms. The molecule has 0 atom stereocenters. The normalized spacial score (nSPS) is 18.3. The van der Waals surface area contributed by atoms with Gasteiger partial charge in [0, 0.05) is 20.6 Å². The van der Waals surface area contributed by atoms with Crippen molar-refractivity contribution >= 4 is 22.5 Å². The summed E-state index contributed by atoms with van der Waals surface area (Å²) in [6.07, 6.45) is 7.73. The molecule has 2 aromatic rings. The van der Waals surface area contributed by atoms with Gasteiger partial charge in [0.2, 0.25) is 0 Å². The second kappa shape index (κ2) is 6.10. The molecule has 1 saturated carbocycles. The monoisotopic (exact) mass is 358 g/mol. The molecule has 1 aliphatic heterocycles. The fraction of sp³-hybridized carbons (Fsp3) is 0.667. The van der Waals surface area contributed by atoms with E-state index in [1.54, 1.807) is 7.05 Å². The zero-order valence-corrected chi connectivity index (χ0v) is 15.7. The average molecular weight is 358 g/mol. The molecule has 0 unspecified atom stereocenters. The zero-order valence-electron chi connectivity index (χ0n) is 15.7. The average Bonchev–Trinajstić information content (AvgIpc) is 2.95. The van der Waals surface area contributed by atoms with E-state index in [-0.39, 0.29) is 16.9 Å². The highest BCUT2D eigenvalue weighted by Crippen LogP contribution is 2.47. The Hall–Kier alpha value is -2.38. The summed E-state index contributed by atoms with van der Waals surface area (Å²) in [5.74, 6) is 0.672. The Bertz CT molecular complexity index is 970. The highest BCUT2D eigenvalue weighted by atomic mass is 16.2. The minimum atomic E-state index is -0.379. The van der Waals surface area contributed by atoms with Crippen LogP contribution in [-0.2, 0) is 14.1 Å². The standard InChI is InChI=1S/C18H26N6O2/c1-4-5-11-24-13-12-15(22(2)17(26)23(3)16(12)25)21-20-14(13)19-18(24)9-7-6-8-10-18/h4-11H2,1-3H3,(H,19,20). The number of rotatable bonds is 3. The molecule has 1 N–H and O–H groups in total. The van der Waals surface area contributed by atoms with Crippen LogP contribution in [0.5, 0.6) is 0 Å². The number of nitrogens with zero attached hydrogens (tertiary/aromatic N) is 5. The first-order valence-electron chi connectivity index (χ1n) is 9.52. The van der Waals surface area contributed by atoms with Gasteiger partial charge in [-0.1, -0.05) is 19.8 Å². The lowest BCUT2D eigenvalue weighted by Crippen LogP contribution is -2.52. The minimum Gasteiger partial charge on any atom is -0.345 e. The van der Waals surface area contributed by atoms with Crippen LogP contribution in [0, 0.1) is 0 Å². The Morgan fingerprint density at radius 3 is 2.50 bits per heavy atom. The zero-order chi connectivity index (χ0) is 18.5. The minimum absolute atomic E-state index is 0.182. The number of aryl methyl sites for hydroxylation is 1. The van der Waals surface area contributed by atoms with Crippen LogP contribution in [0.3, 0.4) is 0 Å². The molecule has 8 heteroatoms. The van der Waals surface area contributed by atoms with Gasteiger partial charge in [0.1, 0.15) is 16.7 Å². The van der Waals surface area contributed by atoms with Gasteiger partial charge in [-0.05, 0) is 32.1 Å². The highest BCUT2D eigenvalue weighted by Gasteiger charge is 2.46. The van der Waals surface area contributed by atoms with Crippen LogP contribution >= 0.6 is 0 Å². The smallest absolute Gasteiger partial charge is 0.332 e. The van der Waals surface area contributed by atoms with Gasteiger partial charge in [-0.25, -0.2) is 4.79 Å². The summed E-state index contributed by atoms with van der Waals surface area (Å²) < 4.78 is 2.57. The van der Waals surface area contributed by atoms with Gasteiger partial charge < -0.3 is 10.2 Å². The molecule has 0 bridgehead atoms. The first kappa shape index (κ1) is 17.1. The van der Waals surface area contributed by atoms with E-state index in [1.807, 2.05) is 0 Å². The number of fused-ring (bicyclic) bond motifs is 3. The van der Waals surface area contributed by atoms with Crippen molar-refractivity contribution in [1.82, 2.24) is 19.3 Å². The van der Waals surface area contributed by atoms with Crippen LogP contribution in [0.4, 0.5) is 11.5 Å². The molecule has 140 valence electrons. The molecule has 3 heterocycles. The summed E-state index contributed by atoms with van der Waals surface area (Å²) in [6, 6.07) is 0. The molecule has 8 nitrogen and oxygen atoms in total. The molecular weight excluding hydrogens is 332 g/mol. The van der Waals surface area contributed by atoms with E-state index < -0.39 is 0 Å². The maximum absolute atomic E-state index is 13.0. The van der Waals surface area contributed by atoms with Gasteiger partial charge in [0.15, 0.2) is 11.5 Å². The van der Waals surface area contributed by atoms with Crippen molar-refractivity contribution < 1.29 is 0 Å². The third kappa shape index (κ3) is 2.27. The molecule has 0 radical (unpaired) electrons. The summed E-state index contributed by atoms with van der Waals surface area (Å²) >= 11 is 0. The van der Waals surface area contributed by atoms with Crippen LogP contribution in [0.15, 0.2) is 9.59 Å². The lowest BCUT2D eigenvalue weighted by atomic mass is 9.88. The van der Waals surface area contributed by atoms with Crippen molar-refractivity contribution in [2.75, 3.05) is 16.8 Å². The van der Waals surface area contributed by atoms with Gasteiger partial charge >= 0.3 is 5.69 Å². The van der Waals surface area contributed by atoms with E-state index in [1.165, 1.54) is 18.0 Å². The number of hydrogen-bond donors (Lipinski definition) is 1. The van der Waals surface area contributed by atoms with Crippen LogP contribution in [0.1, 0.15) is 51.9 Å². The Morgan fingerprint density at radius 2 is 1.81 bits per heavy atom. The molecular formula is C18H26N6O2. The van der Waals surface area contributed by atoms with Crippen molar-refractivity contribution in [3.63, 3.8) is 0 Å². The predicted molar refractivity (Wildman–Crippen MR) is 102 cm³/mol. The lowest BCUT2D eigenvalue weighted by molar-refractivity contribution is 0.316. The highest BCUT2D eigenvalue weighted by molar-refractivity contribution is 5.97. The van der Waals surface area contributed by atoms with E-state index >= 15 is 0 Å². The van der Waals surface area contributed by atoms with Gasteiger partial charge in [-0.3, -0.25) is 13.9 Å². The predicted octanol–water partition coefficient (Wildman–Crippen LogP) is 1.72. The summed E-state index contributed by atoms with van der Waals surface area (Å²) in [4.78, 5) is 27.6. The number of unbranched alkanes of at least 4 members (excludes halogenated alkanes) is 1. The summed E-state index contributed by atoms with van der Waals surface area (Å²) in [6.45, 7) is 3.03. The Balaban J connectivity index is 2.00. The third-order valence-electron chi connectivity index (χ3n) is 5.89. The van der Waals surface area contributed by atoms with Gasteiger partial charge in [-0.2, -0.15) is 0 Å². The van der Waals surface area contributed by atoms with E-state index in [2.05, 4.69) is 27.3 Å². The number of anilines is 2. The number of nitrogens with one attached hydrogen (secondary N) is 1. The van der Waals surface area contributed by atoms with Crippen molar-refractivity contribution in [3.8, 4) is 0 Å². The van der Waals surface area contributed by atoms with Crippen LogP contribution < -0.4 is 21.5 Å². The molecule has 2 aromatic heterocycles. The molecule has 0 saturated heterocycles. The molecule has 1 aliphatic carbocycles. The third-order valence-corrected chi connectivity index (χ3v) is 5.89. The number of hydrogen-bond acceptors (Lipinski definition) is 6. The van der Waals surface area contributed by atoms with Gasteiger partial charge in [0.25, 0.3) is 5.56 Å². The maximum Gasteiger partial charge on any atom is 0.332 e. The molecule has 26 heavy (non-hydrogen) atoms. The lowest BCUT2D eigenvalue weighted by Gasteiger charge is -2.43. The van der Waals surface area contributed by atoms with Crippen LogP contribution in [0.2, 0.25) is 0 Å². The van der Waals surface area contributed by atoms with E-state index in [0.29, 0.717) is 16.9 Å². The quantitative estimate of drug-likeness (QED) is 0.899. The largest absolute Gasteiger partial charge is 0.345 e. The van der Waals surface area contributed by atoms with Gasteiger partial charge in [-0.15, -0.1) is 10.2 Å². The summed E-state index contributed by atoms with van der Waals surface area (Å²) in [7, 11) is 3.16. The summed E-state index contributed by atoms with van der Waals surface area (Å²) in [5, 5.41) is 12.7. The Kier molecular flexibility index (Phi) is 4.00.